The maximum atomic E-state index is 12.7. The first kappa shape index (κ1) is 26.7. The summed E-state index contributed by atoms with van der Waals surface area (Å²) >= 11 is 0. The summed E-state index contributed by atoms with van der Waals surface area (Å²) in [7, 11) is 0. The number of Topliss-reactive ketones (excluding diaryl/α,β-unsaturated/α-hetero) is 1. The van der Waals surface area contributed by atoms with Crippen LogP contribution >= 0.6 is 0 Å². The third kappa shape index (κ3) is 5.62. The molecule has 1 saturated heterocycles. The van der Waals surface area contributed by atoms with E-state index in [1.54, 1.807) is 31.2 Å². The Morgan fingerprint density at radius 2 is 1.53 bits per heavy atom. The van der Waals surface area contributed by atoms with Crippen molar-refractivity contribution in [3.63, 3.8) is 0 Å². The normalized spacial score (nSPS) is 24.6. The van der Waals surface area contributed by atoms with Crippen LogP contribution in [0.1, 0.15) is 60.3 Å². The molecule has 0 amide bonds. The van der Waals surface area contributed by atoms with Gasteiger partial charge in [-0.1, -0.05) is 29.5 Å². The lowest BCUT2D eigenvalue weighted by molar-refractivity contribution is -0.261. The van der Waals surface area contributed by atoms with Gasteiger partial charge in [0.05, 0.1) is 12.3 Å². The monoisotopic (exact) mass is 527 g/mol. The quantitative estimate of drug-likeness (QED) is 0.377. The molecule has 0 bridgehead atoms. The molecule has 38 heavy (non-hydrogen) atoms. The van der Waals surface area contributed by atoms with Gasteiger partial charge in [0.25, 0.3) is 0 Å². The molecule has 1 fully saturated rings. The number of benzene rings is 1. The third-order valence-electron chi connectivity index (χ3n) is 5.77. The molecule has 0 saturated carbocycles. The van der Waals surface area contributed by atoms with E-state index in [0.29, 0.717) is 5.56 Å². The Balaban J connectivity index is 1.55. The summed E-state index contributed by atoms with van der Waals surface area (Å²) in [5.74, 6) is -2.96. The molecule has 5 atom stereocenters. The maximum absolute atomic E-state index is 12.7. The molecule has 2 aliphatic rings. The first-order valence-corrected chi connectivity index (χ1v) is 11.7. The molecule has 1 aliphatic carbocycles. The lowest BCUT2D eigenvalue weighted by Gasteiger charge is -2.43. The number of ketones is 2. The van der Waals surface area contributed by atoms with E-state index >= 15 is 0 Å². The second-order valence-electron chi connectivity index (χ2n) is 8.68. The lowest BCUT2D eigenvalue weighted by Crippen LogP contribution is -2.58. The topological polar surface area (TPSA) is 162 Å². The van der Waals surface area contributed by atoms with E-state index in [4.69, 9.17) is 23.7 Å². The van der Waals surface area contributed by atoms with Crippen LogP contribution in [-0.2, 0) is 44.7 Å². The summed E-state index contributed by atoms with van der Waals surface area (Å²) in [6, 6.07) is 6.42. The van der Waals surface area contributed by atoms with Crippen LogP contribution in [0.4, 0.5) is 0 Å². The molecule has 1 aliphatic heterocycles. The largest absolute Gasteiger partial charge is 0.483 e. The van der Waals surface area contributed by atoms with Crippen molar-refractivity contribution in [1.29, 1.82) is 0 Å². The lowest BCUT2D eigenvalue weighted by atomic mass is 9.94. The van der Waals surface area contributed by atoms with Crippen molar-refractivity contribution in [1.82, 2.24) is 15.0 Å². The van der Waals surface area contributed by atoms with Gasteiger partial charge in [0.15, 0.2) is 36.1 Å². The second-order valence-corrected chi connectivity index (χ2v) is 8.68. The van der Waals surface area contributed by atoms with Gasteiger partial charge in [-0.2, -0.15) is 0 Å². The van der Waals surface area contributed by atoms with Crippen molar-refractivity contribution in [2.75, 3.05) is 0 Å². The van der Waals surface area contributed by atoms with Gasteiger partial charge in [-0.3, -0.25) is 24.0 Å². The summed E-state index contributed by atoms with van der Waals surface area (Å²) in [5, 5.41) is 8.02. The fourth-order valence-electron chi connectivity index (χ4n) is 4.26. The summed E-state index contributed by atoms with van der Waals surface area (Å²) in [6.45, 7) is 4.90. The maximum Gasteiger partial charge on any atom is 0.303 e. The molecule has 2 heterocycles. The zero-order valence-corrected chi connectivity index (χ0v) is 21.0. The molecule has 0 N–H and O–H groups in total. The van der Waals surface area contributed by atoms with Crippen molar-refractivity contribution in [3.8, 4) is 0 Å². The predicted octanol–water partition coefficient (Wildman–Crippen LogP) is 1.47. The van der Waals surface area contributed by atoms with Crippen molar-refractivity contribution in [2.45, 2.75) is 64.9 Å². The molecule has 4 rings (SSSR count). The highest BCUT2D eigenvalue weighted by atomic mass is 16.7. The van der Waals surface area contributed by atoms with Crippen LogP contribution in [0.15, 0.2) is 42.3 Å². The highest BCUT2D eigenvalue weighted by Gasteiger charge is 2.51. The number of carbonyl (C=O) groups excluding carboxylic acids is 5. The number of hydrogen-bond donors (Lipinski definition) is 0. The number of hydrogen-bond acceptors (Lipinski definition) is 12. The van der Waals surface area contributed by atoms with E-state index in [0.717, 1.165) is 13.0 Å². The van der Waals surface area contributed by atoms with E-state index in [1.807, 2.05) is 0 Å². The Morgan fingerprint density at radius 1 is 0.921 bits per heavy atom. The summed E-state index contributed by atoms with van der Waals surface area (Å²) in [4.78, 5) is 60.5. The zero-order valence-electron chi connectivity index (χ0n) is 21.0. The number of ether oxygens (including phenoxy) is 5. The Kier molecular flexibility index (Phi) is 7.67. The molecular weight excluding hydrogens is 502 g/mol. The van der Waals surface area contributed by atoms with Gasteiger partial charge in [-0.15, -0.1) is 5.10 Å². The van der Waals surface area contributed by atoms with Crippen molar-refractivity contribution < 1.29 is 47.7 Å². The molecule has 200 valence electrons. The summed E-state index contributed by atoms with van der Waals surface area (Å²) in [5.41, 5.74) is 0.797. The average Bonchev–Trinajstić information content (AvgIpc) is 3.32. The van der Waals surface area contributed by atoms with Crippen molar-refractivity contribution in [2.24, 2.45) is 0 Å². The first-order valence-electron chi connectivity index (χ1n) is 11.7. The number of allylic oxidation sites excluding steroid dienone is 2. The summed E-state index contributed by atoms with van der Waals surface area (Å²) < 4.78 is 28.9. The van der Waals surface area contributed by atoms with Crippen LogP contribution in [0.5, 0.6) is 0 Å². The molecule has 1 aromatic heterocycles. The van der Waals surface area contributed by atoms with E-state index in [9.17, 15) is 24.0 Å². The highest BCUT2D eigenvalue weighted by Crippen LogP contribution is 2.34. The van der Waals surface area contributed by atoms with Crippen LogP contribution in [0.3, 0.4) is 0 Å². The van der Waals surface area contributed by atoms with Gasteiger partial charge in [-0.05, 0) is 6.92 Å². The van der Waals surface area contributed by atoms with Crippen molar-refractivity contribution >= 4 is 29.5 Å². The molecule has 2 aromatic rings. The SMILES string of the molecule is CC(=O)O[C@@H]1[C@H](OC(C)=O)[C@H](C)O[C@H](n2cc(COC3=CC(=O)c4ccccc4C3=O)nn2)[C@H]1OC(C)=O. The Labute approximate surface area is 216 Å². The standard InChI is InChI=1S/C25H25N3O10/c1-12-22(36-13(2)29)23(37-14(3)30)24(38-15(4)31)25(35-12)28-10-16(26-27-28)11-34-20-9-19(32)17-7-5-6-8-18(17)21(20)33/h5-10,12,22-25H,11H2,1-4H3/t12-,22+,23+,24-,25-/m0/s1. The molecule has 0 radical (unpaired) electrons. The Bertz CT molecular complexity index is 1320. The molecule has 1 aromatic carbocycles. The zero-order chi connectivity index (χ0) is 27.6. The van der Waals surface area contributed by atoms with Gasteiger partial charge in [0.2, 0.25) is 5.78 Å². The van der Waals surface area contributed by atoms with Gasteiger partial charge in [-0.25, -0.2) is 4.68 Å². The van der Waals surface area contributed by atoms with Crippen LogP contribution in [0.2, 0.25) is 0 Å². The van der Waals surface area contributed by atoms with Gasteiger partial charge in [0, 0.05) is 38.0 Å². The highest BCUT2D eigenvalue weighted by molar-refractivity contribution is 6.23. The first-order chi connectivity index (χ1) is 18.0. The number of aromatic nitrogens is 3. The molecular formula is C25H25N3O10. The van der Waals surface area contributed by atoms with Gasteiger partial charge in [0.1, 0.15) is 12.3 Å². The van der Waals surface area contributed by atoms with Crippen molar-refractivity contribution in [3.05, 3.63) is 59.1 Å². The van der Waals surface area contributed by atoms with Gasteiger partial charge < -0.3 is 23.7 Å². The fraction of sp³-hybridized carbons (Fsp3) is 0.400. The van der Waals surface area contributed by atoms with Crippen LogP contribution in [0.25, 0.3) is 0 Å². The number of rotatable bonds is 7. The number of nitrogens with zero attached hydrogens (tertiary/aromatic N) is 3. The van der Waals surface area contributed by atoms with Gasteiger partial charge >= 0.3 is 17.9 Å². The Morgan fingerprint density at radius 3 is 2.18 bits per heavy atom. The van der Waals surface area contributed by atoms with Crippen LogP contribution < -0.4 is 0 Å². The van der Waals surface area contributed by atoms with Crippen LogP contribution in [0, 0.1) is 0 Å². The van der Waals surface area contributed by atoms with E-state index in [1.165, 1.54) is 24.7 Å². The third-order valence-corrected chi connectivity index (χ3v) is 5.77. The summed E-state index contributed by atoms with van der Waals surface area (Å²) in [6.07, 6.45) is -2.87. The van der Waals surface area contributed by atoms with E-state index in [2.05, 4.69) is 10.3 Å². The van der Waals surface area contributed by atoms with Crippen LogP contribution in [-0.4, -0.2) is 68.9 Å². The predicted molar refractivity (Wildman–Crippen MR) is 124 cm³/mol. The minimum Gasteiger partial charge on any atom is -0.483 e. The minimum atomic E-state index is -1.25. The fourth-order valence-corrected chi connectivity index (χ4v) is 4.26. The molecule has 13 nitrogen and oxygen atoms in total. The van der Waals surface area contributed by atoms with E-state index in [-0.39, 0.29) is 29.4 Å². The smallest absolute Gasteiger partial charge is 0.303 e. The molecule has 0 unspecified atom stereocenters. The van der Waals surface area contributed by atoms with E-state index < -0.39 is 54.3 Å². The number of esters is 3. The number of fused-ring (bicyclic) bond motifs is 1. The minimum absolute atomic E-state index is 0.136. The molecule has 0 spiro atoms. The average molecular weight is 527 g/mol. The number of carbonyl (C=O) groups is 5. The Hall–Kier alpha value is -4.39. The molecule has 13 heteroatoms. The second kappa shape index (κ2) is 10.9.